The lowest BCUT2D eigenvalue weighted by atomic mass is 10.0. The number of hydrogen-bond donors (Lipinski definition) is 1. The summed E-state index contributed by atoms with van der Waals surface area (Å²) in [5, 5.41) is 4.85. The highest BCUT2D eigenvalue weighted by atomic mass is 16.5. The molecule has 5 rings (SSSR count). The molecule has 0 saturated heterocycles. The van der Waals surface area contributed by atoms with E-state index >= 15 is 0 Å². The number of anilines is 1. The number of benzene rings is 3. The molecule has 0 spiro atoms. The SMILES string of the molecule is COc1ccc(C(C)Nc2cc(-c3ccc4ccn(C)c4c3)c3nccnc3c2)cc1. The van der Waals surface area contributed by atoms with Crippen LogP contribution in [-0.2, 0) is 7.05 Å². The van der Waals surface area contributed by atoms with Crippen molar-refractivity contribution in [3.8, 4) is 16.9 Å². The number of aryl methyl sites for hydroxylation is 1. The summed E-state index contributed by atoms with van der Waals surface area (Å²) in [7, 11) is 3.75. The lowest BCUT2D eigenvalue weighted by Gasteiger charge is -2.18. The van der Waals surface area contributed by atoms with Crippen LogP contribution in [0.3, 0.4) is 0 Å². The van der Waals surface area contributed by atoms with Gasteiger partial charge in [-0.25, -0.2) is 0 Å². The van der Waals surface area contributed by atoms with Crippen molar-refractivity contribution in [2.24, 2.45) is 7.05 Å². The van der Waals surface area contributed by atoms with E-state index in [2.05, 4.69) is 88.6 Å². The van der Waals surface area contributed by atoms with Crippen molar-refractivity contribution in [2.75, 3.05) is 12.4 Å². The molecule has 1 atom stereocenters. The largest absolute Gasteiger partial charge is 0.497 e. The number of ether oxygens (including phenoxy) is 1. The van der Waals surface area contributed by atoms with E-state index < -0.39 is 0 Å². The van der Waals surface area contributed by atoms with Crippen LogP contribution in [0.1, 0.15) is 18.5 Å². The van der Waals surface area contributed by atoms with Crippen molar-refractivity contribution >= 4 is 27.6 Å². The zero-order valence-corrected chi connectivity index (χ0v) is 17.8. The highest BCUT2D eigenvalue weighted by Gasteiger charge is 2.12. The molecule has 0 radical (unpaired) electrons. The van der Waals surface area contributed by atoms with Crippen molar-refractivity contribution < 1.29 is 4.74 Å². The number of nitrogens with one attached hydrogen (secondary N) is 1. The average molecular weight is 409 g/mol. The predicted octanol–water partition coefficient (Wildman–Crippen LogP) is 5.97. The molecular weight excluding hydrogens is 384 g/mol. The highest BCUT2D eigenvalue weighted by Crippen LogP contribution is 2.33. The van der Waals surface area contributed by atoms with Crippen molar-refractivity contribution in [3.63, 3.8) is 0 Å². The number of nitrogens with zero attached hydrogens (tertiary/aromatic N) is 3. The molecule has 1 N–H and O–H groups in total. The Labute approximate surface area is 181 Å². The maximum atomic E-state index is 5.28. The van der Waals surface area contributed by atoms with Gasteiger partial charge in [0.2, 0.25) is 0 Å². The molecule has 0 aliphatic heterocycles. The molecule has 0 aliphatic rings. The molecule has 5 nitrogen and oxygen atoms in total. The summed E-state index contributed by atoms with van der Waals surface area (Å²) in [5.74, 6) is 0.857. The fourth-order valence-corrected chi connectivity index (χ4v) is 4.03. The van der Waals surface area contributed by atoms with Gasteiger partial charge in [0, 0.05) is 48.4 Å². The normalized spacial score (nSPS) is 12.2. The summed E-state index contributed by atoms with van der Waals surface area (Å²) >= 11 is 0. The number of fused-ring (bicyclic) bond motifs is 2. The first kappa shape index (κ1) is 19.1. The number of hydrogen-bond acceptors (Lipinski definition) is 4. The van der Waals surface area contributed by atoms with E-state index in [1.165, 1.54) is 16.5 Å². The van der Waals surface area contributed by atoms with Crippen LogP contribution in [-0.4, -0.2) is 21.6 Å². The van der Waals surface area contributed by atoms with Gasteiger partial charge in [0.1, 0.15) is 5.75 Å². The van der Waals surface area contributed by atoms with Crippen molar-refractivity contribution in [2.45, 2.75) is 13.0 Å². The zero-order chi connectivity index (χ0) is 21.4. The van der Waals surface area contributed by atoms with E-state index in [-0.39, 0.29) is 6.04 Å². The van der Waals surface area contributed by atoms with E-state index in [4.69, 9.17) is 4.74 Å². The molecule has 5 heteroatoms. The minimum absolute atomic E-state index is 0.128. The first-order valence-electron chi connectivity index (χ1n) is 10.3. The second-order valence-electron chi connectivity index (χ2n) is 7.79. The summed E-state index contributed by atoms with van der Waals surface area (Å²) in [4.78, 5) is 9.21. The quantitative estimate of drug-likeness (QED) is 0.389. The van der Waals surface area contributed by atoms with E-state index in [9.17, 15) is 0 Å². The van der Waals surface area contributed by atoms with Crippen LogP contribution in [0, 0.1) is 0 Å². The molecule has 0 amide bonds. The Balaban J connectivity index is 1.57. The van der Waals surface area contributed by atoms with Gasteiger partial charge >= 0.3 is 0 Å². The fourth-order valence-electron chi connectivity index (χ4n) is 4.03. The molecule has 1 unspecified atom stereocenters. The van der Waals surface area contributed by atoms with Gasteiger partial charge in [-0.05, 0) is 59.8 Å². The third kappa shape index (κ3) is 3.59. The molecule has 5 aromatic rings. The molecule has 2 heterocycles. The molecule has 0 bridgehead atoms. The molecule has 3 aromatic carbocycles. The summed E-state index contributed by atoms with van der Waals surface area (Å²) in [6, 6.07) is 21.2. The minimum atomic E-state index is 0.128. The second-order valence-corrected chi connectivity index (χ2v) is 7.79. The Bertz CT molecular complexity index is 1370. The van der Waals surface area contributed by atoms with Crippen LogP contribution < -0.4 is 10.1 Å². The van der Waals surface area contributed by atoms with E-state index in [1.54, 1.807) is 19.5 Å². The molecule has 31 heavy (non-hydrogen) atoms. The number of rotatable bonds is 5. The third-order valence-corrected chi connectivity index (χ3v) is 5.77. The van der Waals surface area contributed by atoms with Gasteiger partial charge in [0.15, 0.2) is 0 Å². The van der Waals surface area contributed by atoms with Crippen LogP contribution >= 0.6 is 0 Å². The van der Waals surface area contributed by atoms with Crippen LogP contribution in [0.25, 0.3) is 33.1 Å². The first-order chi connectivity index (χ1) is 15.1. The third-order valence-electron chi connectivity index (χ3n) is 5.77. The fraction of sp³-hybridized carbons (Fsp3) is 0.154. The topological polar surface area (TPSA) is 52.0 Å². The van der Waals surface area contributed by atoms with Gasteiger partial charge in [0.25, 0.3) is 0 Å². The van der Waals surface area contributed by atoms with Gasteiger partial charge in [-0.15, -0.1) is 0 Å². The Morgan fingerprint density at radius 1 is 0.935 bits per heavy atom. The molecule has 154 valence electrons. The van der Waals surface area contributed by atoms with Gasteiger partial charge in [0.05, 0.1) is 18.1 Å². The van der Waals surface area contributed by atoms with Gasteiger partial charge in [-0.1, -0.05) is 24.3 Å². The highest BCUT2D eigenvalue weighted by molar-refractivity contribution is 5.97. The monoisotopic (exact) mass is 408 g/mol. The van der Waals surface area contributed by atoms with Gasteiger partial charge in [-0.3, -0.25) is 9.97 Å². The van der Waals surface area contributed by atoms with Crippen LogP contribution in [0.4, 0.5) is 5.69 Å². The summed E-state index contributed by atoms with van der Waals surface area (Å²) in [5.41, 5.74) is 7.36. The average Bonchev–Trinajstić information content (AvgIpc) is 3.18. The Kier molecular flexibility index (Phi) is 4.79. The zero-order valence-electron chi connectivity index (χ0n) is 17.8. The summed E-state index contributed by atoms with van der Waals surface area (Å²) in [6.45, 7) is 2.15. The maximum absolute atomic E-state index is 5.28. The second kappa shape index (κ2) is 7.76. The molecule has 0 saturated carbocycles. The summed E-state index contributed by atoms with van der Waals surface area (Å²) in [6.07, 6.45) is 5.57. The Morgan fingerprint density at radius 3 is 2.55 bits per heavy atom. The Morgan fingerprint density at radius 2 is 1.74 bits per heavy atom. The molecule has 2 aromatic heterocycles. The summed E-state index contributed by atoms with van der Waals surface area (Å²) < 4.78 is 7.42. The Hall–Kier alpha value is -3.86. The predicted molar refractivity (Wildman–Crippen MR) is 126 cm³/mol. The van der Waals surface area contributed by atoms with Crippen molar-refractivity contribution in [1.29, 1.82) is 0 Å². The van der Waals surface area contributed by atoms with Crippen LogP contribution in [0.5, 0.6) is 5.75 Å². The number of methoxy groups -OCH3 is 1. The lowest BCUT2D eigenvalue weighted by Crippen LogP contribution is -2.07. The van der Waals surface area contributed by atoms with Gasteiger partial charge in [-0.2, -0.15) is 0 Å². The molecule has 0 fully saturated rings. The lowest BCUT2D eigenvalue weighted by molar-refractivity contribution is 0.414. The van der Waals surface area contributed by atoms with E-state index in [1.807, 2.05) is 12.1 Å². The number of aromatic nitrogens is 3. The minimum Gasteiger partial charge on any atom is -0.497 e. The van der Waals surface area contributed by atoms with Crippen LogP contribution in [0.2, 0.25) is 0 Å². The molecule has 0 aliphatic carbocycles. The molecular formula is C26H24N4O. The maximum Gasteiger partial charge on any atom is 0.118 e. The van der Waals surface area contributed by atoms with Crippen LogP contribution in [0.15, 0.2) is 79.3 Å². The van der Waals surface area contributed by atoms with E-state index in [0.29, 0.717) is 0 Å². The van der Waals surface area contributed by atoms with Gasteiger partial charge < -0.3 is 14.6 Å². The first-order valence-corrected chi connectivity index (χ1v) is 10.3. The smallest absolute Gasteiger partial charge is 0.118 e. The van der Waals surface area contributed by atoms with Crippen molar-refractivity contribution in [1.82, 2.24) is 14.5 Å². The van der Waals surface area contributed by atoms with E-state index in [0.717, 1.165) is 33.6 Å². The van der Waals surface area contributed by atoms with Crippen molar-refractivity contribution in [3.05, 3.63) is 84.8 Å². The standard InChI is InChI=1S/C26H24N4O/c1-17(18-6-8-22(31-3)9-7-18)29-21-15-23(26-24(16-21)27-11-12-28-26)20-5-4-19-10-13-30(2)25(19)14-20/h4-17,29H,1-3H3.